The molecule has 0 aliphatic rings. The quantitative estimate of drug-likeness (QED) is 0.439. The van der Waals surface area contributed by atoms with E-state index in [0.717, 1.165) is 10.5 Å². The van der Waals surface area contributed by atoms with Crippen LogP contribution < -0.4 is 10.6 Å². The van der Waals surface area contributed by atoms with Crippen molar-refractivity contribution in [3.63, 3.8) is 0 Å². The van der Waals surface area contributed by atoms with Crippen LogP contribution in [0.2, 0.25) is 0 Å². The van der Waals surface area contributed by atoms with Gasteiger partial charge in [-0.1, -0.05) is 62.4 Å². The van der Waals surface area contributed by atoms with Gasteiger partial charge in [0.05, 0.1) is 6.07 Å². The Bertz CT molecular complexity index is 1140. The van der Waals surface area contributed by atoms with Crippen LogP contribution in [0, 0.1) is 24.2 Å². The maximum atomic E-state index is 13.8. The number of nitrogens with zero attached hydrogens (tertiary/aromatic N) is 2. The van der Waals surface area contributed by atoms with Crippen molar-refractivity contribution in [1.29, 1.82) is 5.26 Å². The summed E-state index contributed by atoms with van der Waals surface area (Å²) >= 11 is 0. The molecule has 0 saturated heterocycles. The Hall–Kier alpha value is -4.06. The number of amides is 3. The zero-order valence-electron chi connectivity index (χ0n) is 22.2. The van der Waals surface area contributed by atoms with E-state index < -0.39 is 42.1 Å². The molecule has 2 rings (SSSR count). The van der Waals surface area contributed by atoms with Crippen molar-refractivity contribution in [3.8, 4) is 11.8 Å². The molecule has 0 bridgehead atoms. The van der Waals surface area contributed by atoms with Crippen LogP contribution in [-0.2, 0) is 20.9 Å². The molecule has 0 aliphatic carbocycles. The summed E-state index contributed by atoms with van der Waals surface area (Å²) in [5.74, 6) is -1.77. The molecule has 0 aliphatic heterocycles. The predicted molar refractivity (Wildman–Crippen MR) is 139 cm³/mol. The standard InChI is InChI=1S/C28H36N4O5/c1-18(2)22(31-27(36)37-28(4,5)6)26(35)32(16-15-29)23(21-14-10-11-19(3)24(21)33)25(34)30-17-20-12-8-7-9-13-20/h7-14,18,22-23,33H,16-17H2,1-6H3,(H,30,34)(H,31,36). The number of carbonyl (C=O) groups excluding carboxylic acids is 3. The van der Waals surface area contributed by atoms with Gasteiger partial charge in [0.2, 0.25) is 11.8 Å². The highest BCUT2D eigenvalue weighted by molar-refractivity contribution is 5.93. The SMILES string of the molecule is Cc1cccc(C(C(=O)NCc2ccccc2)N(CC#N)C(=O)C(NC(=O)OC(C)(C)C)C(C)C)c1O. The molecule has 0 fully saturated rings. The van der Waals surface area contributed by atoms with Crippen LogP contribution in [0.1, 0.15) is 57.4 Å². The fourth-order valence-corrected chi connectivity index (χ4v) is 3.73. The minimum Gasteiger partial charge on any atom is -0.507 e. The summed E-state index contributed by atoms with van der Waals surface area (Å²) < 4.78 is 5.32. The second kappa shape index (κ2) is 12.8. The van der Waals surface area contributed by atoms with E-state index in [1.807, 2.05) is 36.4 Å². The van der Waals surface area contributed by atoms with Crippen molar-refractivity contribution in [1.82, 2.24) is 15.5 Å². The van der Waals surface area contributed by atoms with Crippen molar-refractivity contribution < 1.29 is 24.2 Å². The second-order valence-corrected chi connectivity index (χ2v) is 10.1. The summed E-state index contributed by atoms with van der Waals surface area (Å²) in [5, 5.41) is 25.8. The Morgan fingerprint density at radius 1 is 1.08 bits per heavy atom. The second-order valence-electron chi connectivity index (χ2n) is 10.1. The molecule has 198 valence electrons. The number of benzene rings is 2. The highest BCUT2D eigenvalue weighted by Crippen LogP contribution is 2.32. The molecule has 2 unspecified atom stereocenters. The number of hydrogen-bond donors (Lipinski definition) is 3. The number of para-hydroxylation sites is 1. The lowest BCUT2D eigenvalue weighted by Crippen LogP contribution is -2.55. The summed E-state index contributed by atoms with van der Waals surface area (Å²) in [4.78, 5) is 41.0. The van der Waals surface area contributed by atoms with Gasteiger partial charge >= 0.3 is 6.09 Å². The van der Waals surface area contributed by atoms with Crippen molar-refractivity contribution in [2.45, 2.75) is 65.8 Å². The number of phenolic OH excluding ortho intramolecular Hbond substituents is 1. The summed E-state index contributed by atoms with van der Waals surface area (Å²) in [6.45, 7) is 9.99. The molecule has 0 spiro atoms. The molecule has 0 aromatic heterocycles. The molecular formula is C28H36N4O5. The van der Waals surface area contributed by atoms with Crippen LogP contribution in [-0.4, -0.2) is 46.1 Å². The van der Waals surface area contributed by atoms with Crippen LogP contribution in [0.5, 0.6) is 5.75 Å². The van der Waals surface area contributed by atoms with Gasteiger partial charge in [-0.15, -0.1) is 0 Å². The molecule has 9 heteroatoms. The third-order valence-electron chi connectivity index (χ3n) is 5.56. The van der Waals surface area contributed by atoms with Crippen molar-refractivity contribution in [2.75, 3.05) is 6.54 Å². The molecule has 3 amide bonds. The highest BCUT2D eigenvalue weighted by Gasteiger charge is 2.38. The number of carbonyl (C=O) groups is 3. The van der Waals surface area contributed by atoms with E-state index >= 15 is 0 Å². The van der Waals surface area contributed by atoms with Gasteiger partial charge in [0.25, 0.3) is 0 Å². The fourth-order valence-electron chi connectivity index (χ4n) is 3.73. The van der Waals surface area contributed by atoms with Gasteiger partial charge in [-0.2, -0.15) is 5.26 Å². The van der Waals surface area contributed by atoms with E-state index in [2.05, 4.69) is 10.6 Å². The molecule has 2 aromatic rings. The Labute approximate surface area is 218 Å². The van der Waals surface area contributed by atoms with Crippen LogP contribution in [0.15, 0.2) is 48.5 Å². The molecule has 3 N–H and O–H groups in total. The predicted octanol–water partition coefficient (Wildman–Crippen LogP) is 3.96. The van der Waals surface area contributed by atoms with Gasteiger partial charge < -0.3 is 25.4 Å². The lowest BCUT2D eigenvalue weighted by molar-refractivity contribution is -0.142. The van der Waals surface area contributed by atoms with Crippen LogP contribution in [0.4, 0.5) is 4.79 Å². The molecule has 9 nitrogen and oxygen atoms in total. The molecule has 2 aromatic carbocycles. The third kappa shape index (κ3) is 8.24. The number of rotatable bonds is 9. The van der Waals surface area contributed by atoms with E-state index in [9.17, 15) is 24.8 Å². The minimum absolute atomic E-state index is 0.153. The highest BCUT2D eigenvalue weighted by atomic mass is 16.6. The minimum atomic E-state index is -1.32. The van der Waals surface area contributed by atoms with Gasteiger partial charge in [0, 0.05) is 12.1 Å². The number of phenols is 1. The Kier molecular flexibility index (Phi) is 10.1. The summed E-state index contributed by atoms with van der Waals surface area (Å²) in [6.07, 6.45) is -0.792. The smallest absolute Gasteiger partial charge is 0.408 e. The number of aromatic hydroxyl groups is 1. The number of hydrogen-bond acceptors (Lipinski definition) is 6. The van der Waals surface area contributed by atoms with E-state index in [4.69, 9.17) is 4.74 Å². The van der Waals surface area contributed by atoms with Crippen LogP contribution in [0.25, 0.3) is 0 Å². The van der Waals surface area contributed by atoms with E-state index in [0.29, 0.717) is 5.56 Å². The lowest BCUT2D eigenvalue weighted by atomic mass is 9.97. The third-order valence-corrected chi connectivity index (χ3v) is 5.56. The maximum absolute atomic E-state index is 13.8. The number of nitriles is 1. The first-order valence-corrected chi connectivity index (χ1v) is 12.1. The van der Waals surface area contributed by atoms with Crippen molar-refractivity contribution in [3.05, 3.63) is 65.2 Å². The van der Waals surface area contributed by atoms with Gasteiger partial charge in [-0.05, 0) is 44.7 Å². The number of aryl methyl sites for hydroxylation is 1. The van der Waals surface area contributed by atoms with E-state index in [1.54, 1.807) is 59.7 Å². The van der Waals surface area contributed by atoms with Crippen LogP contribution >= 0.6 is 0 Å². The Morgan fingerprint density at radius 3 is 2.30 bits per heavy atom. The maximum Gasteiger partial charge on any atom is 0.408 e. The first kappa shape index (κ1) is 29.2. The zero-order valence-corrected chi connectivity index (χ0v) is 22.2. The zero-order chi connectivity index (χ0) is 27.8. The van der Waals surface area contributed by atoms with Crippen molar-refractivity contribution >= 4 is 17.9 Å². The van der Waals surface area contributed by atoms with Gasteiger partial charge in [-0.25, -0.2) is 4.79 Å². The van der Waals surface area contributed by atoms with Crippen LogP contribution in [0.3, 0.4) is 0 Å². The number of alkyl carbamates (subject to hydrolysis) is 1. The number of ether oxygens (including phenoxy) is 1. The average Bonchev–Trinajstić information content (AvgIpc) is 2.82. The normalized spacial score (nSPS) is 12.7. The van der Waals surface area contributed by atoms with Gasteiger partial charge in [0.1, 0.15) is 30.0 Å². The topological polar surface area (TPSA) is 132 Å². The monoisotopic (exact) mass is 508 g/mol. The molecule has 0 radical (unpaired) electrons. The lowest BCUT2D eigenvalue weighted by Gasteiger charge is -2.34. The first-order chi connectivity index (χ1) is 17.4. The summed E-state index contributed by atoms with van der Waals surface area (Å²) in [5.41, 5.74) is 0.741. The molecule has 0 heterocycles. The van der Waals surface area contributed by atoms with E-state index in [-0.39, 0.29) is 23.8 Å². The first-order valence-electron chi connectivity index (χ1n) is 12.1. The Morgan fingerprint density at radius 2 is 1.73 bits per heavy atom. The summed E-state index contributed by atoms with van der Waals surface area (Å²) in [6, 6.07) is 13.6. The Balaban J connectivity index is 2.48. The number of nitrogens with one attached hydrogen (secondary N) is 2. The molecular weight excluding hydrogens is 472 g/mol. The van der Waals surface area contributed by atoms with Crippen molar-refractivity contribution in [2.24, 2.45) is 5.92 Å². The average molecular weight is 509 g/mol. The molecule has 37 heavy (non-hydrogen) atoms. The fraction of sp³-hybridized carbons (Fsp3) is 0.429. The van der Waals surface area contributed by atoms with Gasteiger partial charge in [0.15, 0.2) is 0 Å². The molecule has 2 atom stereocenters. The largest absolute Gasteiger partial charge is 0.507 e. The van der Waals surface area contributed by atoms with E-state index in [1.165, 1.54) is 0 Å². The molecule has 0 saturated carbocycles. The summed E-state index contributed by atoms with van der Waals surface area (Å²) in [7, 11) is 0. The van der Waals surface area contributed by atoms with Gasteiger partial charge in [-0.3, -0.25) is 9.59 Å².